The van der Waals surface area contributed by atoms with Gasteiger partial charge in [0.1, 0.15) is 0 Å². The minimum atomic E-state index is -0.903. The van der Waals surface area contributed by atoms with Gasteiger partial charge in [0.2, 0.25) is 5.91 Å². The van der Waals surface area contributed by atoms with Crippen molar-refractivity contribution in [2.75, 3.05) is 25.5 Å². The summed E-state index contributed by atoms with van der Waals surface area (Å²) in [5.74, 6) is -1.98. The van der Waals surface area contributed by atoms with Crippen molar-refractivity contribution < 1.29 is 24.0 Å². The fourth-order valence-corrected chi connectivity index (χ4v) is 2.29. The number of rotatable bonds is 9. The van der Waals surface area contributed by atoms with Crippen molar-refractivity contribution in [3.8, 4) is 0 Å². The molecule has 0 unspecified atom stereocenters. The highest BCUT2D eigenvalue weighted by Crippen LogP contribution is 2.23. The number of carbonyl (C=O) groups excluding carboxylic acids is 3. The lowest BCUT2D eigenvalue weighted by Crippen LogP contribution is -2.37. The maximum Gasteiger partial charge on any atom is 0.341 e. The molecule has 2 aromatic carbocycles. The van der Waals surface area contributed by atoms with Crippen LogP contribution in [0.1, 0.15) is 15.9 Å². The Balaban J connectivity index is 2.07. The minimum absolute atomic E-state index is 0.0748. The highest BCUT2D eigenvalue weighted by atomic mass is 16.6. The van der Waals surface area contributed by atoms with Crippen molar-refractivity contribution >= 4 is 29.2 Å². The standard InChI is InChI=1S/C19H20N4O6/c1-20-17(24)11-22-18(25)12-29-19(26)15-9-14(23(27)28)7-8-16(15)21-10-13-5-3-2-4-6-13/h2-9,21H,10-12H2,1H3,(H,20,24)(H,22,25). The van der Waals surface area contributed by atoms with Gasteiger partial charge in [0.25, 0.3) is 11.6 Å². The molecule has 0 spiro atoms. The second-order valence-corrected chi connectivity index (χ2v) is 5.85. The number of nitrogens with one attached hydrogen (secondary N) is 3. The van der Waals surface area contributed by atoms with Crippen LogP contribution < -0.4 is 16.0 Å². The van der Waals surface area contributed by atoms with Gasteiger partial charge in [-0.2, -0.15) is 0 Å². The van der Waals surface area contributed by atoms with Crippen molar-refractivity contribution in [3.05, 3.63) is 69.8 Å². The molecule has 0 saturated carbocycles. The van der Waals surface area contributed by atoms with E-state index in [1.165, 1.54) is 19.2 Å². The van der Waals surface area contributed by atoms with Crippen LogP contribution in [0.3, 0.4) is 0 Å². The summed E-state index contributed by atoms with van der Waals surface area (Å²) in [6, 6.07) is 13.1. The van der Waals surface area contributed by atoms with Gasteiger partial charge >= 0.3 is 5.97 Å². The summed E-state index contributed by atoms with van der Waals surface area (Å²) in [6.45, 7) is -0.504. The van der Waals surface area contributed by atoms with E-state index >= 15 is 0 Å². The molecule has 0 saturated heterocycles. The lowest BCUT2D eigenvalue weighted by Gasteiger charge is -2.12. The Bertz CT molecular complexity index is 901. The molecule has 0 radical (unpaired) electrons. The summed E-state index contributed by atoms with van der Waals surface area (Å²) >= 11 is 0. The fraction of sp³-hybridized carbons (Fsp3) is 0.211. The van der Waals surface area contributed by atoms with Crippen molar-refractivity contribution in [3.63, 3.8) is 0 Å². The number of ether oxygens (including phenoxy) is 1. The number of hydrogen-bond acceptors (Lipinski definition) is 7. The zero-order valence-corrected chi connectivity index (χ0v) is 15.6. The van der Waals surface area contributed by atoms with E-state index < -0.39 is 29.3 Å². The largest absolute Gasteiger partial charge is 0.452 e. The predicted octanol–water partition coefficient (Wildman–Crippen LogP) is 1.23. The molecule has 10 nitrogen and oxygen atoms in total. The smallest absolute Gasteiger partial charge is 0.341 e. The van der Waals surface area contributed by atoms with Gasteiger partial charge in [-0.3, -0.25) is 19.7 Å². The lowest BCUT2D eigenvalue weighted by atomic mass is 10.1. The lowest BCUT2D eigenvalue weighted by molar-refractivity contribution is -0.384. The highest BCUT2D eigenvalue weighted by Gasteiger charge is 2.19. The Kier molecular flexibility index (Phi) is 7.66. The van der Waals surface area contributed by atoms with Crippen LogP contribution in [-0.4, -0.2) is 42.9 Å². The summed E-state index contributed by atoms with van der Waals surface area (Å²) in [7, 11) is 1.42. The van der Waals surface area contributed by atoms with Crippen molar-refractivity contribution in [2.24, 2.45) is 0 Å². The molecule has 0 atom stereocenters. The second-order valence-electron chi connectivity index (χ2n) is 5.85. The third-order valence-corrected chi connectivity index (χ3v) is 3.82. The first-order valence-corrected chi connectivity index (χ1v) is 8.61. The number of nitro benzene ring substituents is 1. The zero-order chi connectivity index (χ0) is 21.2. The Morgan fingerprint density at radius 2 is 1.79 bits per heavy atom. The molecule has 2 amide bonds. The highest BCUT2D eigenvalue weighted by molar-refractivity contribution is 5.97. The summed E-state index contributed by atoms with van der Waals surface area (Å²) in [4.78, 5) is 45.6. The van der Waals surface area contributed by atoms with Gasteiger partial charge in [-0.25, -0.2) is 4.79 Å². The summed E-state index contributed by atoms with van der Waals surface area (Å²) in [5.41, 5.74) is 0.912. The molecule has 152 valence electrons. The monoisotopic (exact) mass is 400 g/mol. The van der Waals surface area contributed by atoms with Crippen LogP contribution in [0.4, 0.5) is 11.4 Å². The second kappa shape index (κ2) is 10.4. The summed E-state index contributed by atoms with van der Waals surface area (Å²) in [6.07, 6.45) is 0. The van der Waals surface area contributed by atoms with Crippen LogP contribution in [0.2, 0.25) is 0 Å². The Labute approximate surface area is 166 Å². The Morgan fingerprint density at radius 3 is 2.45 bits per heavy atom. The van der Waals surface area contributed by atoms with E-state index in [4.69, 9.17) is 4.74 Å². The van der Waals surface area contributed by atoms with Crippen LogP contribution in [0, 0.1) is 10.1 Å². The van der Waals surface area contributed by atoms with Gasteiger partial charge in [0.05, 0.1) is 17.0 Å². The van der Waals surface area contributed by atoms with Gasteiger partial charge in [0.15, 0.2) is 6.61 Å². The van der Waals surface area contributed by atoms with Crippen LogP contribution in [0.15, 0.2) is 48.5 Å². The molecule has 0 aliphatic rings. The number of non-ortho nitro benzene ring substituents is 1. The molecular weight excluding hydrogens is 380 g/mol. The van der Waals surface area contributed by atoms with Crippen LogP contribution in [0.5, 0.6) is 0 Å². The molecule has 10 heteroatoms. The van der Waals surface area contributed by atoms with Gasteiger partial charge in [-0.05, 0) is 11.6 Å². The SMILES string of the molecule is CNC(=O)CNC(=O)COC(=O)c1cc([N+](=O)[O-])ccc1NCc1ccccc1. The maximum absolute atomic E-state index is 12.4. The number of likely N-dealkylation sites (N-methyl/N-ethyl adjacent to an activating group) is 1. The average Bonchev–Trinajstić information content (AvgIpc) is 2.74. The number of amides is 2. The maximum atomic E-state index is 12.4. The van der Waals surface area contributed by atoms with E-state index in [9.17, 15) is 24.5 Å². The van der Waals surface area contributed by atoms with E-state index in [2.05, 4.69) is 16.0 Å². The molecule has 2 aromatic rings. The molecule has 29 heavy (non-hydrogen) atoms. The van der Waals surface area contributed by atoms with Crippen molar-refractivity contribution in [1.82, 2.24) is 10.6 Å². The number of anilines is 1. The minimum Gasteiger partial charge on any atom is -0.452 e. The predicted molar refractivity (Wildman–Crippen MR) is 104 cm³/mol. The first-order chi connectivity index (χ1) is 13.9. The third kappa shape index (κ3) is 6.61. The first kappa shape index (κ1) is 21.4. The molecule has 0 aromatic heterocycles. The van der Waals surface area contributed by atoms with Crippen LogP contribution in [0.25, 0.3) is 0 Å². The molecule has 0 bridgehead atoms. The quantitative estimate of drug-likeness (QED) is 0.327. The summed E-state index contributed by atoms with van der Waals surface area (Å²) < 4.78 is 4.94. The molecular formula is C19H20N4O6. The van der Waals surface area contributed by atoms with Gasteiger partial charge in [-0.1, -0.05) is 30.3 Å². The van der Waals surface area contributed by atoms with E-state index in [0.29, 0.717) is 12.2 Å². The van der Waals surface area contributed by atoms with Crippen LogP contribution >= 0.6 is 0 Å². The Hall–Kier alpha value is -3.95. The van der Waals surface area contributed by atoms with E-state index in [1.807, 2.05) is 30.3 Å². The fourth-order valence-electron chi connectivity index (χ4n) is 2.29. The number of carbonyl (C=O) groups is 3. The molecule has 0 aliphatic heterocycles. The normalized spacial score (nSPS) is 9.97. The van der Waals surface area contributed by atoms with Crippen molar-refractivity contribution in [2.45, 2.75) is 6.54 Å². The molecule has 0 heterocycles. The number of nitrogens with zero attached hydrogens (tertiary/aromatic N) is 1. The number of hydrogen-bond donors (Lipinski definition) is 3. The third-order valence-electron chi connectivity index (χ3n) is 3.82. The van der Waals surface area contributed by atoms with E-state index in [-0.39, 0.29) is 17.8 Å². The number of benzene rings is 2. The molecule has 2 rings (SSSR count). The summed E-state index contributed by atoms with van der Waals surface area (Å²) in [5, 5.41) is 18.7. The molecule has 0 aliphatic carbocycles. The van der Waals surface area contributed by atoms with Gasteiger partial charge in [0, 0.05) is 31.4 Å². The number of nitro groups is 1. The number of esters is 1. The average molecular weight is 400 g/mol. The molecule has 3 N–H and O–H groups in total. The van der Waals surface area contributed by atoms with Crippen molar-refractivity contribution in [1.29, 1.82) is 0 Å². The Morgan fingerprint density at radius 1 is 1.07 bits per heavy atom. The van der Waals surface area contributed by atoms with Gasteiger partial charge in [-0.15, -0.1) is 0 Å². The van der Waals surface area contributed by atoms with Crippen LogP contribution in [-0.2, 0) is 20.9 Å². The molecule has 0 fully saturated rings. The zero-order valence-electron chi connectivity index (χ0n) is 15.6. The van der Waals surface area contributed by atoms with E-state index in [0.717, 1.165) is 11.6 Å². The topological polar surface area (TPSA) is 140 Å². The van der Waals surface area contributed by atoms with Gasteiger partial charge < -0.3 is 20.7 Å². The first-order valence-electron chi connectivity index (χ1n) is 8.61. The van der Waals surface area contributed by atoms with E-state index in [1.54, 1.807) is 0 Å².